The third-order valence-electron chi connectivity index (χ3n) is 3.56. The van der Waals surface area contributed by atoms with Crippen LogP contribution < -0.4 is 11.1 Å². The van der Waals surface area contributed by atoms with Gasteiger partial charge in [-0.3, -0.25) is 4.79 Å². The van der Waals surface area contributed by atoms with Crippen LogP contribution in [0.3, 0.4) is 0 Å². The molecule has 4 heteroatoms. The summed E-state index contributed by atoms with van der Waals surface area (Å²) in [6, 6.07) is 7.03. The summed E-state index contributed by atoms with van der Waals surface area (Å²) >= 11 is 0. The van der Waals surface area contributed by atoms with Crippen molar-refractivity contribution >= 4 is 5.91 Å². The minimum atomic E-state index is -0.484. The number of benzene rings is 1. The predicted molar refractivity (Wildman–Crippen MR) is 76.9 cm³/mol. The lowest BCUT2D eigenvalue weighted by Crippen LogP contribution is -2.55. The minimum absolute atomic E-state index is 0.0150. The number of phenols is 1. The van der Waals surface area contributed by atoms with Gasteiger partial charge in [0.1, 0.15) is 5.75 Å². The molecule has 0 aromatic heterocycles. The lowest BCUT2D eigenvalue weighted by atomic mass is 9.81. The number of aromatic hydroxyl groups is 1. The molecular weight excluding hydrogens is 240 g/mol. The van der Waals surface area contributed by atoms with E-state index in [1.165, 1.54) is 0 Å². The number of amides is 1. The van der Waals surface area contributed by atoms with Gasteiger partial charge in [-0.15, -0.1) is 0 Å². The van der Waals surface area contributed by atoms with Crippen molar-refractivity contribution < 1.29 is 9.90 Å². The molecule has 0 bridgehead atoms. The maximum atomic E-state index is 11.4. The van der Waals surface area contributed by atoms with Gasteiger partial charge in [-0.2, -0.15) is 0 Å². The molecule has 4 N–H and O–H groups in total. The van der Waals surface area contributed by atoms with Crippen molar-refractivity contribution in [3.8, 4) is 5.75 Å². The molecule has 0 aliphatic carbocycles. The largest absolute Gasteiger partial charge is 0.508 e. The summed E-state index contributed by atoms with van der Waals surface area (Å²) in [6.45, 7) is 6.39. The summed E-state index contributed by atoms with van der Waals surface area (Å²) in [4.78, 5) is 11.4. The van der Waals surface area contributed by atoms with E-state index in [0.29, 0.717) is 19.4 Å². The van der Waals surface area contributed by atoms with E-state index in [1.807, 2.05) is 19.1 Å². The van der Waals surface area contributed by atoms with Crippen molar-refractivity contribution in [3.63, 3.8) is 0 Å². The average molecular weight is 264 g/mol. The number of rotatable bonds is 6. The van der Waals surface area contributed by atoms with E-state index >= 15 is 0 Å². The number of phenolic OH excluding ortho intramolecular Hbond substituents is 1. The second-order valence-corrected chi connectivity index (χ2v) is 5.36. The first kappa shape index (κ1) is 15.5. The van der Waals surface area contributed by atoms with E-state index in [0.717, 1.165) is 5.56 Å². The zero-order chi connectivity index (χ0) is 14.5. The van der Waals surface area contributed by atoms with Crippen LogP contribution in [-0.2, 0) is 11.2 Å². The summed E-state index contributed by atoms with van der Waals surface area (Å²) in [7, 11) is 0. The smallest absolute Gasteiger partial charge is 0.219 e. The Morgan fingerprint density at radius 2 is 1.95 bits per heavy atom. The van der Waals surface area contributed by atoms with Crippen molar-refractivity contribution in [1.82, 2.24) is 5.32 Å². The first-order valence-electron chi connectivity index (χ1n) is 6.71. The fraction of sp³-hybridized carbons (Fsp3) is 0.533. The molecule has 0 saturated heterocycles. The second kappa shape index (κ2) is 6.57. The Bertz CT molecular complexity index is 415. The number of carbonyl (C=O) groups is 1. The molecule has 1 atom stereocenters. The zero-order valence-corrected chi connectivity index (χ0v) is 11.9. The van der Waals surface area contributed by atoms with E-state index in [4.69, 9.17) is 5.73 Å². The molecule has 1 amide bonds. The molecule has 106 valence electrons. The summed E-state index contributed by atoms with van der Waals surface area (Å²) < 4.78 is 0. The first-order valence-corrected chi connectivity index (χ1v) is 6.71. The fourth-order valence-electron chi connectivity index (χ4n) is 1.85. The van der Waals surface area contributed by atoms with Crippen LogP contribution in [0, 0.1) is 5.92 Å². The highest BCUT2D eigenvalue weighted by molar-refractivity contribution is 5.75. The maximum absolute atomic E-state index is 11.4. The van der Waals surface area contributed by atoms with Gasteiger partial charge in [-0.1, -0.05) is 32.9 Å². The Morgan fingerprint density at radius 3 is 2.42 bits per heavy atom. The fourth-order valence-corrected chi connectivity index (χ4v) is 1.85. The Labute approximate surface area is 115 Å². The number of carbonyl (C=O) groups excluding carboxylic acids is 1. The highest BCUT2D eigenvalue weighted by atomic mass is 16.3. The van der Waals surface area contributed by atoms with Gasteiger partial charge in [0, 0.05) is 18.5 Å². The number of nitrogens with one attached hydrogen (secondary N) is 1. The molecule has 1 aromatic rings. The maximum Gasteiger partial charge on any atom is 0.219 e. The van der Waals surface area contributed by atoms with E-state index in [2.05, 4.69) is 19.2 Å². The molecule has 0 heterocycles. The third-order valence-corrected chi connectivity index (χ3v) is 3.56. The summed E-state index contributed by atoms with van der Waals surface area (Å²) in [5, 5.41) is 12.2. The Balaban J connectivity index is 2.75. The van der Waals surface area contributed by atoms with Gasteiger partial charge in [0.15, 0.2) is 0 Å². The number of hydrogen-bond acceptors (Lipinski definition) is 3. The lowest BCUT2D eigenvalue weighted by molar-refractivity contribution is -0.121. The molecule has 0 aliphatic rings. The van der Waals surface area contributed by atoms with E-state index in [-0.39, 0.29) is 17.6 Å². The normalized spacial score (nSPS) is 14.2. The van der Waals surface area contributed by atoms with Crippen molar-refractivity contribution in [2.24, 2.45) is 11.7 Å². The van der Waals surface area contributed by atoms with Crippen LogP contribution in [0.5, 0.6) is 5.75 Å². The lowest BCUT2D eigenvalue weighted by Gasteiger charge is -2.34. The molecule has 0 fully saturated rings. The topological polar surface area (TPSA) is 75.4 Å². The third kappa shape index (κ3) is 4.56. The van der Waals surface area contributed by atoms with Gasteiger partial charge in [-0.05, 0) is 30.0 Å². The van der Waals surface area contributed by atoms with Crippen molar-refractivity contribution in [1.29, 1.82) is 0 Å². The van der Waals surface area contributed by atoms with Crippen LogP contribution in [0.25, 0.3) is 0 Å². The van der Waals surface area contributed by atoms with Gasteiger partial charge in [-0.25, -0.2) is 0 Å². The van der Waals surface area contributed by atoms with Crippen molar-refractivity contribution in [3.05, 3.63) is 29.8 Å². The van der Waals surface area contributed by atoms with E-state index in [9.17, 15) is 9.90 Å². The highest BCUT2D eigenvalue weighted by Crippen LogP contribution is 2.21. The van der Waals surface area contributed by atoms with E-state index < -0.39 is 5.54 Å². The molecule has 1 unspecified atom stereocenters. The van der Waals surface area contributed by atoms with Gasteiger partial charge < -0.3 is 16.2 Å². The summed E-state index contributed by atoms with van der Waals surface area (Å²) in [5.74, 6) is 0.495. The van der Waals surface area contributed by atoms with Crippen LogP contribution in [0.4, 0.5) is 0 Å². The highest BCUT2D eigenvalue weighted by Gasteiger charge is 2.29. The van der Waals surface area contributed by atoms with E-state index in [1.54, 1.807) is 12.1 Å². The zero-order valence-electron chi connectivity index (χ0n) is 11.9. The molecule has 0 aliphatic heterocycles. The SMILES string of the molecule is CCC(=O)NCC(N)(Cc1ccc(O)cc1)C(C)C. The molecule has 1 rings (SSSR count). The molecule has 19 heavy (non-hydrogen) atoms. The van der Waals surface area contributed by atoms with Gasteiger partial charge >= 0.3 is 0 Å². The Hall–Kier alpha value is -1.55. The molecule has 0 spiro atoms. The van der Waals surface area contributed by atoms with Crippen LogP contribution in [0.15, 0.2) is 24.3 Å². The quantitative estimate of drug-likeness (QED) is 0.733. The first-order chi connectivity index (χ1) is 8.87. The van der Waals surface area contributed by atoms with Crippen molar-refractivity contribution in [2.45, 2.75) is 39.2 Å². The summed E-state index contributed by atoms with van der Waals surface area (Å²) in [5.41, 5.74) is 7.01. The summed E-state index contributed by atoms with van der Waals surface area (Å²) in [6.07, 6.45) is 1.13. The molecule has 0 radical (unpaired) electrons. The average Bonchev–Trinajstić information content (AvgIpc) is 2.38. The van der Waals surface area contributed by atoms with Gasteiger partial charge in [0.25, 0.3) is 0 Å². The number of hydrogen-bond donors (Lipinski definition) is 3. The monoisotopic (exact) mass is 264 g/mol. The minimum Gasteiger partial charge on any atom is -0.508 e. The number of nitrogens with two attached hydrogens (primary N) is 1. The predicted octanol–water partition coefficient (Wildman–Crippen LogP) is 1.81. The van der Waals surface area contributed by atoms with Crippen LogP contribution >= 0.6 is 0 Å². The molecule has 0 saturated carbocycles. The molecule has 4 nitrogen and oxygen atoms in total. The van der Waals surface area contributed by atoms with Crippen LogP contribution in [0.2, 0.25) is 0 Å². The Kier molecular flexibility index (Phi) is 5.36. The van der Waals surface area contributed by atoms with Gasteiger partial charge in [0.2, 0.25) is 5.91 Å². The Morgan fingerprint density at radius 1 is 1.37 bits per heavy atom. The standard InChI is InChI=1S/C15H24N2O2/c1-4-14(19)17-10-15(16,11(2)3)9-12-5-7-13(18)8-6-12/h5-8,11,18H,4,9-10,16H2,1-3H3,(H,17,19). The van der Waals surface area contributed by atoms with Crippen LogP contribution in [-0.4, -0.2) is 23.1 Å². The van der Waals surface area contributed by atoms with Gasteiger partial charge in [0.05, 0.1) is 0 Å². The molecule has 1 aromatic carbocycles. The second-order valence-electron chi connectivity index (χ2n) is 5.36. The van der Waals surface area contributed by atoms with Crippen LogP contribution in [0.1, 0.15) is 32.8 Å². The van der Waals surface area contributed by atoms with Crippen molar-refractivity contribution in [2.75, 3.05) is 6.54 Å². The molecular formula is C15H24N2O2.